The fourth-order valence-electron chi connectivity index (χ4n) is 2.59. The van der Waals surface area contributed by atoms with Crippen molar-refractivity contribution in [2.75, 3.05) is 5.32 Å². The van der Waals surface area contributed by atoms with Gasteiger partial charge in [-0.25, -0.2) is 4.98 Å². The second-order valence-corrected chi connectivity index (χ2v) is 5.13. The van der Waals surface area contributed by atoms with Crippen LogP contribution in [-0.4, -0.2) is 10.9 Å². The number of hydrogen-bond acceptors (Lipinski definition) is 3. The standard InChI is InChI=1S/C15H19N3O/c16-10-13-8-9-14(17-11-13)18-15(19)7-3-6-12-4-1-2-5-12/h8-9,11-12H,1-7H2,(H,17,18,19). The largest absolute Gasteiger partial charge is 0.311 e. The lowest BCUT2D eigenvalue weighted by atomic mass is 10.0. The number of carbonyl (C=O) groups excluding carboxylic acids is 1. The molecule has 4 heteroatoms. The molecule has 0 aliphatic heterocycles. The molecule has 0 unspecified atom stereocenters. The molecule has 4 nitrogen and oxygen atoms in total. The molecule has 1 N–H and O–H groups in total. The minimum Gasteiger partial charge on any atom is -0.311 e. The summed E-state index contributed by atoms with van der Waals surface area (Å²) in [6.07, 6.45) is 9.50. The van der Waals surface area contributed by atoms with E-state index in [0.717, 1.165) is 18.8 Å². The number of carbonyl (C=O) groups is 1. The average molecular weight is 257 g/mol. The van der Waals surface area contributed by atoms with Crippen LogP contribution in [0.15, 0.2) is 18.3 Å². The van der Waals surface area contributed by atoms with Crippen molar-refractivity contribution < 1.29 is 4.79 Å². The van der Waals surface area contributed by atoms with Gasteiger partial charge in [0.05, 0.1) is 5.56 Å². The Bertz CT molecular complexity index is 455. The summed E-state index contributed by atoms with van der Waals surface area (Å²) in [6, 6.07) is 5.31. The highest BCUT2D eigenvalue weighted by molar-refractivity contribution is 5.89. The van der Waals surface area contributed by atoms with Crippen molar-refractivity contribution in [3.05, 3.63) is 23.9 Å². The van der Waals surface area contributed by atoms with Gasteiger partial charge in [-0.2, -0.15) is 5.26 Å². The molecule has 0 atom stereocenters. The topological polar surface area (TPSA) is 65.8 Å². The van der Waals surface area contributed by atoms with Crippen molar-refractivity contribution in [1.29, 1.82) is 5.26 Å². The van der Waals surface area contributed by atoms with Crippen molar-refractivity contribution >= 4 is 11.7 Å². The zero-order valence-corrected chi connectivity index (χ0v) is 11.1. The predicted molar refractivity (Wildman–Crippen MR) is 73.4 cm³/mol. The number of hydrogen-bond donors (Lipinski definition) is 1. The minimum absolute atomic E-state index is 0.00945. The van der Waals surface area contributed by atoms with E-state index in [0.29, 0.717) is 17.8 Å². The molecule has 1 aliphatic carbocycles. The Morgan fingerprint density at radius 3 is 2.84 bits per heavy atom. The number of rotatable bonds is 5. The first-order valence-corrected chi connectivity index (χ1v) is 6.94. The summed E-state index contributed by atoms with van der Waals surface area (Å²) < 4.78 is 0. The van der Waals surface area contributed by atoms with Gasteiger partial charge in [0.15, 0.2) is 0 Å². The first-order valence-electron chi connectivity index (χ1n) is 6.94. The van der Waals surface area contributed by atoms with Gasteiger partial charge in [-0.3, -0.25) is 4.79 Å². The van der Waals surface area contributed by atoms with E-state index in [1.807, 2.05) is 6.07 Å². The third-order valence-electron chi connectivity index (χ3n) is 3.65. The van der Waals surface area contributed by atoms with Crippen molar-refractivity contribution in [2.24, 2.45) is 5.92 Å². The zero-order valence-electron chi connectivity index (χ0n) is 11.1. The van der Waals surface area contributed by atoms with Gasteiger partial charge in [-0.05, 0) is 30.9 Å². The summed E-state index contributed by atoms with van der Waals surface area (Å²) in [5.74, 6) is 1.36. The molecule has 1 saturated carbocycles. The summed E-state index contributed by atoms with van der Waals surface area (Å²) in [5.41, 5.74) is 0.499. The molecule has 1 aromatic rings. The van der Waals surface area contributed by atoms with Crippen molar-refractivity contribution in [3.63, 3.8) is 0 Å². The van der Waals surface area contributed by atoms with Crippen LogP contribution in [0.5, 0.6) is 0 Å². The summed E-state index contributed by atoms with van der Waals surface area (Å²) in [4.78, 5) is 15.7. The SMILES string of the molecule is N#Cc1ccc(NC(=O)CCCC2CCCC2)nc1. The zero-order chi connectivity index (χ0) is 13.5. The molecular weight excluding hydrogens is 238 g/mol. The van der Waals surface area contributed by atoms with Crippen LogP contribution in [0.2, 0.25) is 0 Å². The van der Waals surface area contributed by atoms with Crippen molar-refractivity contribution in [3.8, 4) is 6.07 Å². The van der Waals surface area contributed by atoms with Crippen LogP contribution in [-0.2, 0) is 4.79 Å². The fraction of sp³-hybridized carbons (Fsp3) is 0.533. The predicted octanol–water partition coefficient (Wildman–Crippen LogP) is 3.25. The van der Waals surface area contributed by atoms with Crippen molar-refractivity contribution in [2.45, 2.75) is 44.9 Å². The van der Waals surface area contributed by atoms with E-state index in [1.54, 1.807) is 12.1 Å². The number of pyridine rings is 1. The first-order chi connectivity index (χ1) is 9.28. The molecule has 0 bridgehead atoms. The lowest BCUT2D eigenvalue weighted by molar-refractivity contribution is -0.116. The normalized spacial score (nSPS) is 15.1. The highest BCUT2D eigenvalue weighted by Gasteiger charge is 2.14. The van der Waals surface area contributed by atoms with Crippen LogP contribution in [0, 0.1) is 17.2 Å². The smallest absolute Gasteiger partial charge is 0.225 e. The highest BCUT2D eigenvalue weighted by atomic mass is 16.1. The number of amides is 1. The maximum Gasteiger partial charge on any atom is 0.225 e. The Balaban J connectivity index is 1.69. The molecule has 1 heterocycles. The van der Waals surface area contributed by atoms with Crippen LogP contribution in [0.1, 0.15) is 50.5 Å². The van der Waals surface area contributed by atoms with Gasteiger partial charge in [0.25, 0.3) is 0 Å². The second kappa shape index (κ2) is 6.89. The summed E-state index contributed by atoms with van der Waals surface area (Å²) in [6.45, 7) is 0. The molecule has 1 fully saturated rings. The number of aromatic nitrogens is 1. The maximum atomic E-state index is 11.7. The van der Waals surface area contributed by atoms with E-state index in [-0.39, 0.29) is 5.91 Å². The molecule has 0 saturated heterocycles. The molecule has 0 aromatic carbocycles. The van der Waals surface area contributed by atoms with E-state index < -0.39 is 0 Å². The van der Waals surface area contributed by atoms with Crippen LogP contribution in [0.25, 0.3) is 0 Å². The van der Waals surface area contributed by atoms with E-state index in [9.17, 15) is 4.79 Å². The average Bonchev–Trinajstić information content (AvgIpc) is 2.93. The Kier molecular flexibility index (Phi) is 4.91. The third-order valence-corrected chi connectivity index (χ3v) is 3.65. The minimum atomic E-state index is 0.00945. The van der Waals surface area contributed by atoms with Gasteiger partial charge in [-0.1, -0.05) is 25.7 Å². The van der Waals surface area contributed by atoms with Crippen LogP contribution in [0.4, 0.5) is 5.82 Å². The Morgan fingerprint density at radius 2 is 2.21 bits per heavy atom. The van der Waals surface area contributed by atoms with E-state index in [4.69, 9.17) is 5.26 Å². The van der Waals surface area contributed by atoms with E-state index in [2.05, 4.69) is 10.3 Å². The summed E-state index contributed by atoms with van der Waals surface area (Å²) in [7, 11) is 0. The van der Waals surface area contributed by atoms with Crippen molar-refractivity contribution in [1.82, 2.24) is 4.98 Å². The van der Waals surface area contributed by atoms with Crippen LogP contribution >= 0.6 is 0 Å². The van der Waals surface area contributed by atoms with Crippen LogP contribution < -0.4 is 5.32 Å². The van der Waals surface area contributed by atoms with Gasteiger partial charge >= 0.3 is 0 Å². The highest BCUT2D eigenvalue weighted by Crippen LogP contribution is 2.28. The quantitative estimate of drug-likeness (QED) is 0.880. The maximum absolute atomic E-state index is 11.7. The lowest BCUT2D eigenvalue weighted by Crippen LogP contribution is -2.12. The van der Waals surface area contributed by atoms with Gasteiger partial charge in [0, 0.05) is 12.6 Å². The summed E-state index contributed by atoms with van der Waals surface area (Å²) in [5, 5.41) is 11.4. The number of nitrogens with one attached hydrogen (secondary N) is 1. The first kappa shape index (κ1) is 13.5. The molecule has 0 radical (unpaired) electrons. The van der Waals surface area contributed by atoms with Gasteiger partial charge < -0.3 is 5.32 Å². The van der Waals surface area contributed by atoms with E-state index in [1.165, 1.54) is 31.9 Å². The molecular formula is C15H19N3O. The van der Waals surface area contributed by atoms with Crippen LogP contribution in [0.3, 0.4) is 0 Å². The Morgan fingerprint density at radius 1 is 1.42 bits per heavy atom. The number of nitriles is 1. The monoisotopic (exact) mass is 257 g/mol. The van der Waals surface area contributed by atoms with Gasteiger partial charge in [0.1, 0.15) is 11.9 Å². The molecule has 100 valence electrons. The Labute approximate surface area is 113 Å². The fourth-order valence-corrected chi connectivity index (χ4v) is 2.59. The third kappa shape index (κ3) is 4.36. The molecule has 1 amide bonds. The molecule has 1 aromatic heterocycles. The summed E-state index contributed by atoms with van der Waals surface area (Å²) >= 11 is 0. The number of nitrogens with zero attached hydrogens (tertiary/aromatic N) is 2. The molecule has 19 heavy (non-hydrogen) atoms. The molecule has 2 rings (SSSR count). The molecule has 1 aliphatic rings. The van der Waals surface area contributed by atoms with E-state index >= 15 is 0 Å². The van der Waals surface area contributed by atoms with Gasteiger partial charge in [-0.15, -0.1) is 0 Å². The lowest BCUT2D eigenvalue weighted by Gasteiger charge is -2.08. The Hall–Kier alpha value is -1.89. The molecule has 0 spiro atoms. The van der Waals surface area contributed by atoms with Gasteiger partial charge in [0.2, 0.25) is 5.91 Å². The second-order valence-electron chi connectivity index (χ2n) is 5.13. The number of anilines is 1.